The molecule has 7 nitrogen and oxygen atoms in total. The van der Waals surface area contributed by atoms with Gasteiger partial charge < -0.3 is 19.6 Å². The van der Waals surface area contributed by atoms with Crippen molar-refractivity contribution in [3.05, 3.63) is 47.1 Å². The molecule has 146 valence electrons. The predicted molar refractivity (Wildman–Crippen MR) is 104 cm³/mol. The third kappa shape index (κ3) is 5.07. The first-order valence-electron chi connectivity index (χ1n) is 9.65. The van der Waals surface area contributed by atoms with E-state index in [1.165, 1.54) is 17.5 Å². The Hall–Kier alpha value is -2.41. The van der Waals surface area contributed by atoms with E-state index in [-0.39, 0.29) is 6.03 Å². The van der Waals surface area contributed by atoms with E-state index in [9.17, 15) is 4.79 Å². The van der Waals surface area contributed by atoms with Crippen molar-refractivity contribution in [2.75, 3.05) is 33.2 Å². The van der Waals surface area contributed by atoms with Gasteiger partial charge in [0.2, 0.25) is 5.89 Å². The van der Waals surface area contributed by atoms with E-state index in [1.807, 2.05) is 6.92 Å². The molecule has 1 aromatic heterocycles. The average molecular weight is 371 g/mol. The van der Waals surface area contributed by atoms with Crippen LogP contribution in [0.15, 0.2) is 28.8 Å². The molecular formula is C20H29N5O2. The molecule has 1 unspecified atom stereocenters. The molecule has 2 amide bonds. The Balaban J connectivity index is 1.39. The van der Waals surface area contributed by atoms with Gasteiger partial charge in [-0.2, -0.15) is 4.98 Å². The lowest BCUT2D eigenvalue weighted by Gasteiger charge is -2.19. The fraction of sp³-hybridized carbons (Fsp3) is 0.550. The molecule has 0 bridgehead atoms. The predicted octanol–water partition coefficient (Wildman–Crippen LogP) is 2.57. The number of hydrogen-bond acceptors (Lipinski definition) is 5. The van der Waals surface area contributed by atoms with E-state index in [0.717, 1.165) is 19.6 Å². The van der Waals surface area contributed by atoms with Crippen LogP contribution in [-0.2, 0) is 13.0 Å². The number of benzene rings is 1. The zero-order valence-electron chi connectivity index (χ0n) is 16.4. The number of amides is 2. The molecule has 1 aromatic carbocycles. The van der Waals surface area contributed by atoms with Crippen LogP contribution in [0.1, 0.15) is 42.1 Å². The molecule has 0 aliphatic carbocycles. The monoisotopic (exact) mass is 371 g/mol. The van der Waals surface area contributed by atoms with E-state index in [2.05, 4.69) is 51.5 Å². The molecule has 1 fully saturated rings. The molecule has 1 N–H and O–H groups in total. The molecule has 1 atom stereocenters. The molecule has 27 heavy (non-hydrogen) atoms. The minimum Gasteiger partial charge on any atom is -0.339 e. The van der Waals surface area contributed by atoms with E-state index in [1.54, 1.807) is 11.9 Å². The Labute approximate surface area is 160 Å². The molecule has 0 saturated carbocycles. The van der Waals surface area contributed by atoms with Gasteiger partial charge in [0.15, 0.2) is 5.82 Å². The van der Waals surface area contributed by atoms with Crippen LogP contribution < -0.4 is 5.32 Å². The SMILES string of the molecule is CCc1nc(CN(C)C(=O)NCCN2CCC(c3ccccc3C)C2)no1. The van der Waals surface area contributed by atoms with Crippen molar-refractivity contribution >= 4 is 6.03 Å². The highest BCUT2D eigenvalue weighted by atomic mass is 16.5. The normalized spacial score (nSPS) is 17.2. The Morgan fingerprint density at radius 1 is 1.41 bits per heavy atom. The highest BCUT2D eigenvalue weighted by Gasteiger charge is 2.24. The topological polar surface area (TPSA) is 74.5 Å². The number of aromatic nitrogens is 2. The maximum absolute atomic E-state index is 12.2. The van der Waals surface area contributed by atoms with Crippen molar-refractivity contribution < 1.29 is 9.32 Å². The summed E-state index contributed by atoms with van der Waals surface area (Å²) >= 11 is 0. The van der Waals surface area contributed by atoms with Gasteiger partial charge in [0, 0.05) is 33.1 Å². The van der Waals surface area contributed by atoms with Gasteiger partial charge in [-0.3, -0.25) is 0 Å². The molecule has 0 radical (unpaired) electrons. The molecule has 3 rings (SSSR count). The summed E-state index contributed by atoms with van der Waals surface area (Å²) in [5.41, 5.74) is 2.82. The van der Waals surface area contributed by atoms with Gasteiger partial charge in [-0.1, -0.05) is 36.3 Å². The average Bonchev–Trinajstić information content (AvgIpc) is 3.31. The van der Waals surface area contributed by atoms with Crippen LogP contribution in [-0.4, -0.2) is 59.2 Å². The maximum atomic E-state index is 12.2. The van der Waals surface area contributed by atoms with E-state index >= 15 is 0 Å². The molecule has 2 aromatic rings. The Bertz CT molecular complexity index is 760. The van der Waals surface area contributed by atoms with Gasteiger partial charge in [-0.05, 0) is 36.9 Å². The van der Waals surface area contributed by atoms with E-state index in [4.69, 9.17) is 4.52 Å². The van der Waals surface area contributed by atoms with E-state index in [0.29, 0.717) is 37.1 Å². The molecule has 0 spiro atoms. The summed E-state index contributed by atoms with van der Waals surface area (Å²) in [5.74, 6) is 1.72. The first kappa shape index (κ1) is 19.4. The highest BCUT2D eigenvalue weighted by molar-refractivity contribution is 5.73. The minimum absolute atomic E-state index is 0.118. The first-order chi connectivity index (χ1) is 13.1. The highest BCUT2D eigenvalue weighted by Crippen LogP contribution is 2.28. The summed E-state index contributed by atoms with van der Waals surface area (Å²) in [6, 6.07) is 8.51. The minimum atomic E-state index is -0.118. The first-order valence-corrected chi connectivity index (χ1v) is 9.65. The number of likely N-dealkylation sites (tertiary alicyclic amines) is 1. The lowest BCUT2D eigenvalue weighted by atomic mass is 9.94. The summed E-state index contributed by atoms with van der Waals surface area (Å²) in [5, 5.41) is 6.86. The lowest BCUT2D eigenvalue weighted by Crippen LogP contribution is -2.40. The van der Waals surface area contributed by atoms with Crippen molar-refractivity contribution in [1.82, 2.24) is 25.3 Å². The zero-order valence-corrected chi connectivity index (χ0v) is 16.4. The summed E-state index contributed by atoms with van der Waals surface area (Å²) in [4.78, 5) is 20.5. The third-order valence-corrected chi connectivity index (χ3v) is 5.14. The Morgan fingerprint density at radius 3 is 2.96 bits per heavy atom. The number of carbonyl (C=O) groups is 1. The van der Waals surface area contributed by atoms with Gasteiger partial charge in [0.1, 0.15) is 0 Å². The second kappa shape index (κ2) is 8.99. The zero-order chi connectivity index (χ0) is 19.2. The van der Waals surface area contributed by atoms with Gasteiger partial charge in [-0.25, -0.2) is 4.79 Å². The number of aryl methyl sites for hydroxylation is 2. The second-order valence-corrected chi connectivity index (χ2v) is 7.19. The number of carbonyl (C=O) groups excluding carboxylic acids is 1. The fourth-order valence-corrected chi connectivity index (χ4v) is 3.57. The number of hydrogen-bond donors (Lipinski definition) is 1. The summed E-state index contributed by atoms with van der Waals surface area (Å²) in [7, 11) is 1.74. The lowest BCUT2D eigenvalue weighted by molar-refractivity contribution is 0.203. The number of urea groups is 1. The molecule has 7 heteroatoms. The third-order valence-electron chi connectivity index (χ3n) is 5.14. The summed E-state index contributed by atoms with van der Waals surface area (Å²) in [6.45, 7) is 8.11. The van der Waals surface area contributed by atoms with E-state index < -0.39 is 0 Å². The molecular weight excluding hydrogens is 342 g/mol. The van der Waals surface area contributed by atoms with Crippen LogP contribution in [0.4, 0.5) is 4.79 Å². The van der Waals surface area contributed by atoms with Crippen molar-refractivity contribution in [3.63, 3.8) is 0 Å². The largest absolute Gasteiger partial charge is 0.339 e. The van der Waals surface area contributed by atoms with Crippen molar-refractivity contribution in [1.29, 1.82) is 0 Å². The molecule has 1 aliphatic rings. The number of nitrogens with one attached hydrogen (secondary N) is 1. The Morgan fingerprint density at radius 2 is 2.22 bits per heavy atom. The van der Waals surface area contributed by atoms with Crippen LogP contribution in [0.3, 0.4) is 0 Å². The maximum Gasteiger partial charge on any atom is 0.317 e. The van der Waals surface area contributed by atoms with Gasteiger partial charge in [0.05, 0.1) is 6.54 Å². The second-order valence-electron chi connectivity index (χ2n) is 7.19. The van der Waals surface area contributed by atoms with Gasteiger partial charge in [-0.15, -0.1) is 0 Å². The van der Waals surface area contributed by atoms with Crippen LogP contribution in [0.2, 0.25) is 0 Å². The van der Waals surface area contributed by atoms with Gasteiger partial charge >= 0.3 is 6.03 Å². The van der Waals surface area contributed by atoms with Crippen LogP contribution in [0, 0.1) is 6.92 Å². The van der Waals surface area contributed by atoms with Crippen molar-refractivity contribution in [3.8, 4) is 0 Å². The quantitative estimate of drug-likeness (QED) is 0.810. The van der Waals surface area contributed by atoms with Crippen molar-refractivity contribution in [2.45, 2.75) is 39.2 Å². The summed E-state index contributed by atoms with van der Waals surface area (Å²) in [6.07, 6.45) is 1.87. The van der Waals surface area contributed by atoms with Crippen LogP contribution >= 0.6 is 0 Å². The van der Waals surface area contributed by atoms with Gasteiger partial charge in [0.25, 0.3) is 0 Å². The fourth-order valence-electron chi connectivity index (χ4n) is 3.57. The molecule has 2 heterocycles. The van der Waals surface area contributed by atoms with Crippen LogP contribution in [0.5, 0.6) is 0 Å². The van der Waals surface area contributed by atoms with Crippen molar-refractivity contribution in [2.24, 2.45) is 0 Å². The molecule has 1 aliphatic heterocycles. The smallest absolute Gasteiger partial charge is 0.317 e. The number of nitrogens with zero attached hydrogens (tertiary/aromatic N) is 4. The van der Waals surface area contributed by atoms with Crippen LogP contribution in [0.25, 0.3) is 0 Å². The Kier molecular flexibility index (Phi) is 6.45. The standard InChI is InChI=1S/C20H29N5O2/c1-4-19-22-18(23-27-19)14-24(3)20(26)21-10-12-25-11-9-16(13-25)17-8-6-5-7-15(17)2/h5-8,16H,4,9-14H2,1-3H3,(H,21,26). The number of rotatable bonds is 7. The molecule has 1 saturated heterocycles. The summed E-state index contributed by atoms with van der Waals surface area (Å²) < 4.78 is 5.07.